The molecule has 33 heavy (non-hydrogen) atoms. The topological polar surface area (TPSA) is 93.2 Å². The number of nitrogens with one attached hydrogen (secondary N) is 1. The molecule has 1 aliphatic heterocycles. The number of benzene rings is 2. The molecule has 3 aromatic rings. The summed E-state index contributed by atoms with van der Waals surface area (Å²) >= 11 is 0. The molecule has 1 fully saturated rings. The number of piperidine rings is 1. The first-order valence-corrected chi connectivity index (χ1v) is 11.1. The molecule has 0 unspecified atom stereocenters. The minimum absolute atomic E-state index is 0.00612. The van der Waals surface area contributed by atoms with Crippen LogP contribution in [0.2, 0.25) is 0 Å². The Labute approximate surface area is 192 Å². The largest absolute Gasteiger partial charge is 0.369 e. The molecule has 4 rings (SSSR count). The van der Waals surface area contributed by atoms with Crippen LogP contribution in [0.5, 0.6) is 0 Å². The van der Waals surface area contributed by atoms with Crippen LogP contribution in [0.25, 0.3) is 5.69 Å². The zero-order chi connectivity index (χ0) is 23.4. The van der Waals surface area contributed by atoms with Gasteiger partial charge >= 0.3 is 0 Å². The Hall–Kier alpha value is -3.52. The number of rotatable bonds is 7. The van der Waals surface area contributed by atoms with Gasteiger partial charge in [0, 0.05) is 18.2 Å². The summed E-state index contributed by atoms with van der Waals surface area (Å²) < 4.78 is 15.5. The van der Waals surface area contributed by atoms with Crippen molar-refractivity contribution in [3.8, 4) is 5.69 Å². The third-order valence-corrected chi connectivity index (χ3v) is 6.25. The number of likely N-dealkylation sites (tertiary alicyclic amines) is 1. The van der Waals surface area contributed by atoms with E-state index in [2.05, 4.69) is 15.3 Å². The van der Waals surface area contributed by atoms with Gasteiger partial charge in [-0.15, -0.1) is 0 Å². The molecule has 1 saturated heterocycles. The standard InChI is InChI=1S/C25H28FN5O2/c1-17-21(16-28-31(17)23-5-3-2-4-22(23)26)25(33)29-20-8-6-18(7-9-20)10-13-30-14-11-19(12-15-30)24(27)32/h2-9,16,19H,10-15H2,1H3,(H2,27,32)(H,29,33). The van der Waals surface area contributed by atoms with Crippen LogP contribution >= 0.6 is 0 Å². The lowest BCUT2D eigenvalue weighted by Gasteiger charge is -2.30. The van der Waals surface area contributed by atoms with Crippen LogP contribution in [-0.2, 0) is 11.2 Å². The van der Waals surface area contributed by atoms with Gasteiger partial charge in [0.1, 0.15) is 11.5 Å². The third kappa shape index (κ3) is 5.28. The van der Waals surface area contributed by atoms with Crippen LogP contribution in [0.3, 0.4) is 0 Å². The lowest BCUT2D eigenvalue weighted by Crippen LogP contribution is -2.39. The molecule has 1 aromatic heterocycles. The maximum atomic E-state index is 14.1. The number of halogens is 1. The van der Waals surface area contributed by atoms with Crippen molar-refractivity contribution >= 4 is 17.5 Å². The summed E-state index contributed by atoms with van der Waals surface area (Å²) in [4.78, 5) is 26.4. The first-order valence-electron chi connectivity index (χ1n) is 11.1. The van der Waals surface area contributed by atoms with Crippen LogP contribution in [-0.4, -0.2) is 46.1 Å². The molecule has 1 aliphatic rings. The summed E-state index contributed by atoms with van der Waals surface area (Å²) in [5.74, 6) is -0.877. The zero-order valence-electron chi connectivity index (χ0n) is 18.6. The van der Waals surface area contributed by atoms with E-state index in [1.165, 1.54) is 22.5 Å². The number of anilines is 1. The second kappa shape index (κ2) is 9.95. The number of hydrogen-bond donors (Lipinski definition) is 2. The van der Waals surface area contributed by atoms with Gasteiger partial charge in [0.2, 0.25) is 5.91 Å². The minimum atomic E-state index is -0.400. The van der Waals surface area contributed by atoms with E-state index in [4.69, 9.17) is 5.73 Å². The van der Waals surface area contributed by atoms with E-state index in [1.54, 1.807) is 25.1 Å². The van der Waals surface area contributed by atoms with Gasteiger partial charge in [-0.2, -0.15) is 5.10 Å². The molecular formula is C25H28FN5O2. The van der Waals surface area contributed by atoms with E-state index in [9.17, 15) is 14.0 Å². The molecule has 0 atom stereocenters. The molecule has 0 spiro atoms. The van der Waals surface area contributed by atoms with Crippen LogP contribution in [0.4, 0.5) is 10.1 Å². The molecule has 0 aliphatic carbocycles. The van der Waals surface area contributed by atoms with E-state index >= 15 is 0 Å². The monoisotopic (exact) mass is 449 g/mol. The second-order valence-electron chi connectivity index (χ2n) is 8.43. The first kappa shape index (κ1) is 22.7. The predicted molar refractivity (Wildman–Crippen MR) is 125 cm³/mol. The number of nitrogens with two attached hydrogens (primary N) is 1. The summed E-state index contributed by atoms with van der Waals surface area (Å²) in [6, 6.07) is 14.1. The van der Waals surface area contributed by atoms with Crippen LogP contribution in [0.1, 0.15) is 34.5 Å². The van der Waals surface area contributed by atoms with Gasteiger partial charge < -0.3 is 16.0 Å². The Morgan fingerprint density at radius 2 is 1.82 bits per heavy atom. The Morgan fingerprint density at radius 3 is 2.48 bits per heavy atom. The third-order valence-electron chi connectivity index (χ3n) is 6.25. The SMILES string of the molecule is Cc1c(C(=O)Nc2ccc(CCN3CCC(C(N)=O)CC3)cc2)cnn1-c1ccccc1F. The average Bonchev–Trinajstić information content (AvgIpc) is 3.20. The van der Waals surface area contributed by atoms with E-state index in [-0.39, 0.29) is 17.7 Å². The lowest BCUT2D eigenvalue weighted by molar-refractivity contribution is -0.123. The van der Waals surface area contributed by atoms with Crippen LogP contribution < -0.4 is 11.1 Å². The first-order chi connectivity index (χ1) is 15.9. The highest BCUT2D eigenvalue weighted by Gasteiger charge is 2.22. The van der Waals surface area contributed by atoms with E-state index in [0.717, 1.165) is 38.9 Å². The summed E-state index contributed by atoms with van der Waals surface area (Å²) in [6.07, 6.45) is 4.00. The van der Waals surface area contributed by atoms with Crippen molar-refractivity contribution in [3.63, 3.8) is 0 Å². The van der Waals surface area contributed by atoms with Crippen molar-refractivity contribution in [2.24, 2.45) is 11.7 Å². The fourth-order valence-electron chi connectivity index (χ4n) is 4.18. The molecule has 3 N–H and O–H groups in total. The smallest absolute Gasteiger partial charge is 0.259 e. The van der Waals surface area contributed by atoms with Crippen molar-refractivity contribution in [1.29, 1.82) is 0 Å². The van der Waals surface area contributed by atoms with Gasteiger partial charge in [-0.05, 0) is 69.1 Å². The molecule has 2 amide bonds. The van der Waals surface area contributed by atoms with Gasteiger partial charge in [0.15, 0.2) is 0 Å². The van der Waals surface area contributed by atoms with E-state index in [1.807, 2.05) is 24.3 Å². The predicted octanol–water partition coefficient (Wildman–Crippen LogP) is 3.31. The Balaban J connectivity index is 1.33. The van der Waals surface area contributed by atoms with E-state index in [0.29, 0.717) is 22.6 Å². The number of aromatic nitrogens is 2. The average molecular weight is 450 g/mol. The second-order valence-corrected chi connectivity index (χ2v) is 8.43. The number of para-hydroxylation sites is 1. The molecule has 172 valence electrons. The van der Waals surface area contributed by atoms with Gasteiger partial charge in [-0.25, -0.2) is 9.07 Å². The molecule has 2 aromatic carbocycles. The highest BCUT2D eigenvalue weighted by molar-refractivity contribution is 6.05. The molecule has 7 nitrogen and oxygen atoms in total. The fraction of sp³-hybridized carbons (Fsp3) is 0.320. The quantitative estimate of drug-likeness (QED) is 0.579. The molecule has 8 heteroatoms. The fourth-order valence-corrected chi connectivity index (χ4v) is 4.18. The highest BCUT2D eigenvalue weighted by atomic mass is 19.1. The van der Waals surface area contributed by atoms with Gasteiger partial charge in [0.25, 0.3) is 5.91 Å². The molecule has 0 radical (unpaired) electrons. The summed E-state index contributed by atoms with van der Waals surface area (Å²) in [7, 11) is 0. The molecule has 0 saturated carbocycles. The number of carbonyl (C=O) groups excluding carboxylic acids is 2. The zero-order valence-corrected chi connectivity index (χ0v) is 18.6. The van der Waals surface area contributed by atoms with Crippen molar-refractivity contribution in [2.45, 2.75) is 26.2 Å². The summed E-state index contributed by atoms with van der Waals surface area (Å²) in [6.45, 7) is 4.44. The Bertz CT molecular complexity index is 1130. The number of amides is 2. The van der Waals surface area contributed by atoms with Crippen molar-refractivity contribution in [3.05, 3.63) is 77.4 Å². The van der Waals surface area contributed by atoms with Crippen LogP contribution in [0, 0.1) is 18.7 Å². The van der Waals surface area contributed by atoms with Crippen LogP contribution in [0.15, 0.2) is 54.7 Å². The maximum absolute atomic E-state index is 14.1. The summed E-state index contributed by atoms with van der Waals surface area (Å²) in [5, 5.41) is 7.08. The normalized spacial score (nSPS) is 14.8. The number of carbonyl (C=O) groups is 2. The minimum Gasteiger partial charge on any atom is -0.369 e. The maximum Gasteiger partial charge on any atom is 0.259 e. The lowest BCUT2D eigenvalue weighted by atomic mass is 9.96. The van der Waals surface area contributed by atoms with Crippen molar-refractivity contribution in [2.75, 3.05) is 25.0 Å². The number of primary amides is 1. The van der Waals surface area contributed by atoms with Gasteiger partial charge in [0.05, 0.1) is 17.5 Å². The number of nitrogens with zero attached hydrogens (tertiary/aromatic N) is 3. The highest BCUT2D eigenvalue weighted by Crippen LogP contribution is 2.20. The van der Waals surface area contributed by atoms with Crippen molar-refractivity contribution < 1.29 is 14.0 Å². The Kier molecular flexibility index (Phi) is 6.84. The molecular weight excluding hydrogens is 421 g/mol. The number of hydrogen-bond acceptors (Lipinski definition) is 4. The van der Waals surface area contributed by atoms with Gasteiger partial charge in [-0.1, -0.05) is 24.3 Å². The van der Waals surface area contributed by atoms with Crippen molar-refractivity contribution in [1.82, 2.24) is 14.7 Å². The Morgan fingerprint density at radius 1 is 1.12 bits per heavy atom. The van der Waals surface area contributed by atoms with Gasteiger partial charge in [-0.3, -0.25) is 9.59 Å². The summed E-state index contributed by atoms with van der Waals surface area (Å²) in [5.41, 5.74) is 8.51. The molecule has 0 bridgehead atoms. The molecule has 2 heterocycles. The van der Waals surface area contributed by atoms with E-state index < -0.39 is 5.82 Å².